The number of nitrogens with zero attached hydrogens (tertiary/aromatic N) is 4. The summed E-state index contributed by atoms with van der Waals surface area (Å²) in [5.74, 6) is 1.74. The Hall–Kier alpha value is -0.870. The number of alkyl halides is 1. The van der Waals surface area contributed by atoms with Crippen LogP contribution in [0.4, 0.5) is 5.82 Å². The fraction of sp³-hybridized carbons (Fsp3) is 0.667. The Labute approximate surface area is 108 Å². The van der Waals surface area contributed by atoms with Gasteiger partial charge in [-0.05, 0) is 19.9 Å². The van der Waals surface area contributed by atoms with Crippen molar-refractivity contribution < 1.29 is 0 Å². The van der Waals surface area contributed by atoms with Crippen LogP contribution in [0.3, 0.4) is 0 Å². The van der Waals surface area contributed by atoms with Crippen molar-refractivity contribution in [1.29, 1.82) is 0 Å². The van der Waals surface area contributed by atoms with E-state index in [-0.39, 0.29) is 0 Å². The van der Waals surface area contributed by atoms with E-state index >= 15 is 0 Å². The molecule has 1 aliphatic heterocycles. The van der Waals surface area contributed by atoms with Crippen LogP contribution in [0.25, 0.3) is 0 Å². The summed E-state index contributed by atoms with van der Waals surface area (Å²) >= 11 is 5.79. The molecule has 0 aromatic carbocycles. The summed E-state index contributed by atoms with van der Waals surface area (Å²) < 4.78 is 0. The van der Waals surface area contributed by atoms with Crippen molar-refractivity contribution in [1.82, 2.24) is 14.9 Å². The molecule has 2 heterocycles. The van der Waals surface area contributed by atoms with Crippen molar-refractivity contribution in [2.45, 2.75) is 13.3 Å². The van der Waals surface area contributed by atoms with E-state index in [1.54, 1.807) is 12.4 Å². The SMILES string of the molecule is Cc1nccnc1N1CCCN(CCCl)CC1. The van der Waals surface area contributed by atoms with Gasteiger partial charge in [-0.25, -0.2) is 4.98 Å². The summed E-state index contributed by atoms with van der Waals surface area (Å²) in [7, 11) is 0. The summed E-state index contributed by atoms with van der Waals surface area (Å²) in [6.07, 6.45) is 4.67. The molecule has 1 aromatic rings. The van der Waals surface area contributed by atoms with Crippen molar-refractivity contribution in [3.63, 3.8) is 0 Å². The standard InChI is InChI=1S/C12H19ClN4/c1-11-12(15-5-4-14-11)17-7-2-6-16(8-3-13)9-10-17/h4-5H,2-3,6-10H2,1H3. The maximum atomic E-state index is 5.79. The van der Waals surface area contributed by atoms with E-state index in [1.807, 2.05) is 6.92 Å². The molecule has 1 aromatic heterocycles. The van der Waals surface area contributed by atoms with Gasteiger partial charge in [-0.1, -0.05) is 0 Å². The molecule has 1 aliphatic rings. The molecule has 0 bridgehead atoms. The summed E-state index contributed by atoms with van der Waals surface area (Å²) in [4.78, 5) is 13.5. The van der Waals surface area contributed by atoms with Crippen LogP contribution < -0.4 is 4.90 Å². The second kappa shape index (κ2) is 6.17. The van der Waals surface area contributed by atoms with Crippen molar-refractivity contribution in [3.05, 3.63) is 18.1 Å². The topological polar surface area (TPSA) is 32.3 Å². The summed E-state index contributed by atoms with van der Waals surface area (Å²) in [5.41, 5.74) is 1.01. The number of hydrogen-bond acceptors (Lipinski definition) is 4. The minimum atomic E-state index is 0.712. The largest absolute Gasteiger partial charge is 0.354 e. The molecule has 17 heavy (non-hydrogen) atoms. The molecular formula is C12H19ClN4. The van der Waals surface area contributed by atoms with Gasteiger partial charge in [0.15, 0.2) is 0 Å². The van der Waals surface area contributed by atoms with Crippen molar-refractivity contribution >= 4 is 17.4 Å². The van der Waals surface area contributed by atoms with Gasteiger partial charge in [-0.3, -0.25) is 4.98 Å². The second-order valence-corrected chi connectivity index (χ2v) is 4.71. The van der Waals surface area contributed by atoms with Gasteiger partial charge >= 0.3 is 0 Å². The molecule has 1 fully saturated rings. The predicted molar refractivity (Wildman–Crippen MR) is 70.8 cm³/mol. The Morgan fingerprint density at radius 1 is 1.18 bits per heavy atom. The summed E-state index contributed by atoms with van der Waals surface area (Å²) in [5, 5.41) is 0. The van der Waals surface area contributed by atoms with E-state index in [0.29, 0.717) is 5.88 Å². The number of aromatic nitrogens is 2. The number of rotatable bonds is 3. The second-order valence-electron chi connectivity index (χ2n) is 4.34. The van der Waals surface area contributed by atoms with Crippen LogP contribution in [-0.2, 0) is 0 Å². The quantitative estimate of drug-likeness (QED) is 0.766. The minimum Gasteiger partial charge on any atom is -0.354 e. The highest BCUT2D eigenvalue weighted by atomic mass is 35.5. The van der Waals surface area contributed by atoms with E-state index in [9.17, 15) is 0 Å². The van der Waals surface area contributed by atoms with Crippen molar-refractivity contribution in [2.75, 3.05) is 43.5 Å². The van der Waals surface area contributed by atoms with Crippen LogP contribution in [0.15, 0.2) is 12.4 Å². The van der Waals surface area contributed by atoms with E-state index in [2.05, 4.69) is 19.8 Å². The van der Waals surface area contributed by atoms with Crippen LogP contribution >= 0.6 is 11.6 Å². The molecule has 0 aliphatic carbocycles. The average molecular weight is 255 g/mol. The number of anilines is 1. The molecule has 0 radical (unpaired) electrons. The maximum Gasteiger partial charge on any atom is 0.150 e. The van der Waals surface area contributed by atoms with Gasteiger partial charge in [0.1, 0.15) is 5.82 Å². The lowest BCUT2D eigenvalue weighted by Crippen LogP contribution is -2.32. The number of aryl methyl sites for hydroxylation is 1. The lowest BCUT2D eigenvalue weighted by atomic mass is 10.3. The third kappa shape index (κ3) is 3.30. The summed E-state index contributed by atoms with van der Waals surface area (Å²) in [6, 6.07) is 0. The normalized spacial score (nSPS) is 18.1. The highest BCUT2D eigenvalue weighted by molar-refractivity contribution is 6.18. The Bertz CT molecular complexity index is 358. The Morgan fingerprint density at radius 2 is 2.00 bits per heavy atom. The minimum absolute atomic E-state index is 0.712. The number of halogens is 1. The molecule has 2 rings (SSSR count). The highest BCUT2D eigenvalue weighted by Gasteiger charge is 2.16. The van der Waals surface area contributed by atoms with Gasteiger partial charge < -0.3 is 9.80 Å². The van der Waals surface area contributed by atoms with Gasteiger partial charge in [-0.15, -0.1) is 11.6 Å². The Kier molecular flexibility index (Phi) is 4.57. The molecule has 94 valence electrons. The first-order chi connectivity index (χ1) is 8.31. The van der Waals surface area contributed by atoms with Gasteiger partial charge in [0.05, 0.1) is 5.69 Å². The highest BCUT2D eigenvalue weighted by Crippen LogP contribution is 2.15. The zero-order valence-corrected chi connectivity index (χ0v) is 11.0. The molecular weight excluding hydrogens is 236 g/mol. The van der Waals surface area contributed by atoms with Crippen molar-refractivity contribution in [2.24, 2.45) is 0 Å². The molecule has 0 atom stereocenters. The van der Waals surface area contributed by atoms with E-state index in [1.165, 1.54) is 0 Å². The van der Waals surface area contributed by atoms with E-state index in [0.717, 1.165) is 50.7 Å². The van der Waals surface area contributed by atoms with Crippen molar-refractivity contribution in [3.8, 4) is 0 Å². The van der Waals surface area contributed by atoms with Crippen LogP contribution in [0, 0.1) is 6.92 Å². The molecule has 4 nitrogen and oxygen atoms in total. The molecule has 0 N–H and O–H groups in total. The van der Waals surface area contributed by atoms with E-state index in [4.69, 9.17) is 11.6 Å². The monoisotopic (exact) mass is 254 g/mol. The van der Waals surface area contributed by atoms with E-state index < -0.39 is 0 Å². The Balaban J connectivity index is 2.01. The maximum absolute atomic E-state index is 5.79. The van der Waals surface area contributed by atoms with Gasteiger partial charge in [0, 0.05) is 44.5 Å². The fourth-order valence-electron chi connectivity index (χ4n) is 2.24. The van der Waals surface area contributed by atoms with Crippen LogP contribution in [0.2, 0.25) is 0 Å². The summed E-state index contributed by atoms with van der Waals surface area (Å²) in [6.45, 7) is 7.25. The number of hydrogen-bond donors (Lipinski definition) is 0. The van der Waals surface area contributed by atoms with Gasteiger partial charge in [-0.2, -0.15) is 0 Å². The molecule has 0 amide bonds. The first-order valence-corrected chi connectivity index (χ1v) is 6.65. The first kappa shape index (κ1) is 12.6. The molecule has 0 saturated carbocycles. The zero-order chi connectivity index (χ0) is 12.1. The smallest absolute Gasteiger partial charge is 0.150 e. The Morgan fingerprint density at radius 3 is 2.76 bits per heavy atom. The molecule has 0 spiro atoms. The molecule has 1 saturated heterocycles. The molecule has 5 heteroatoms. The van der Waals surface area contributed by atoms with Crippen LogP contribution in [0.5, 0.6) is 0 Å². The zero-order valence-electron chi connectivity index (χ0n) is 10.3. The third-order valence-electron chi connectivity index (χ3n) is 3.14. The lowest BCUT2D eigenvalue weighted by Gasteiger charge is -2.23. The third-order valence-corrected chi connectivity index (χ3v) is 3.31. The van der Waals surface area contributed by atoms with Crippen LogP contribution in [0.1, 0.15) is 12.1 Å². The lowest BCUT2D eigenvalue weighted by molar-refractivity contribution is 0.311. The predicted octanol–water partition coefficient (Wildman–Crippen LogP) is 1.54. The first-order valence-electron chi connectivity index (χ1n) is 6.12. The van der Waals surface area contributed by atoms with Gasteiger partial charge in [0.2, 0.25) is 0 Å². The molecule has 0 unspecified atom stereocenters. The fourth-order valence-corrected chi connectivity index (χ4v) is 2.48. The van der Waals surface area contributed by atoms with Gasteiger partial charge in [0.25, 0.3) is 0 Å². The van der Waals surface area contributed by atoms with Crippen LogP contribution in [-0.4, -0.2) is 53.5 Å². The average Bonchev–Trinajstić information content (AvgIpc) is 2.56.